The molecule has 18 heavy (non-hydrogen) atoms. The second kappa shape index (κ2) is 5.39. The van der Waals surface area contributed by atoms with E-state index < -0.39 is 0 Å². The minimum absolute atomic E-state index is 1.13. The van der Waals surface area contributed by atoms with Crippen LogP contribution in [0.25, 0.3) is 0 Å². The molecule has 0 spiro atoms. The van der Waals surface area contributed by atoms with E-state index in [0.717, 1.165) is 12.8 Å². The quantitative estimate of drug-likeness (QED) is 0.726. The first-order valence-electron chi connectivity index (χ1n) is 6.70. The summed E-state index contributed by atoms with van der Waals surface area (Å²) < 4.78 is 0. The van der Waals surface area contributed by atoms with E-state index in [-0.39, 0.29) is 0 Å². The van der Waals surface area contributed by atoms with Crippen LogP contribution in [-0.4, -0.2) is 0 Å². The van der Waals surface area contributed by atoms with Crippen molar-refractivity contribution >= 4 is 0 Å². The van der Waals surface area contributed by atoms with Crippen LogP contribution in [0.5, 0.6) is 0 Å². The fraction of sp³-hybridized carbons (Fsp3) is 0.333. The number of aryl methyl sites for hydroxylation is 3. The number of hydrogen-bond donors (Lipinski definition) is 0. The van der Waals surface area contributed by atoms with Crippen molar-refractivity contribution in [2.75, 3.05) is 0 Å². The molecule has 0 heteroatoms. The first-order chi connectivity index (χ1) is 8.59. The predicted molar refractivity (Wildman–Crippen MR) is 79.2 cm³/mol. The topological polar surface area (TPSA) is 0 Å². The van der Waals surface area contributed by atoms with E-state index in [1.807, 2.05) is 0 Å². The molecule has 0 amide bonds. The van der Waals surface area contributed by atoms with Gasteiger partial charge in [0.15, 0.2) is 0 Å². The summed E-state index contributed by atoms with van der Waals surface area (Å²) in [6.07, 6.45) is 2.27. The molecule has 94 valence electrons. The van der Waals surface area contributed by atoms with Crippen molar-refractivity contribution in [1.82, 2.24) is 0 Å². The molecule has 2 rings (SSSR count). The molecule has 0 unspecified atom stereocenters. The van der Waals surface area contributed by atoms with E-state index in [1.165, 1.54) is 33.4 Å². The lowest BCUT2D eigenvalue weighted by Crippen LogP contribution is -2.00. The van der Waals surface area contributed by atoms with Gasteiger partial charge in [-0.05, 0) is 73.9 Å². The van der Waals surface area contributed by atoms with Gasteiger partial charge in [0.1, 0.15) is 0 Å². The first-order valence-corrected chi connectivity index (χ1v) is 6.70. The molecule has 0 aliphatic carbocycles. The highest BCUT2D eigenvalue weighted by Gasteiger charge is 2.07. The zero-order valence-electron chi connectivity index (χ0n) is 11.9. The molecule has 2 aromatic rings. The summed E-state index contributed by atoms with van der Waals surface area (Å²) >= 11 is 0. The maximum atomic E-state index is 2.36. The van der Waals surface area contributed by atoms with Crippen molar-refractivity contribution in [2.45, 2.75) is 40.5 Å². The van der Waals surface area contributed by atoms with Crippen LogP contribution < -0.4 is 0 Å². The van der Waals surface area contributed by atoms with Gasteiger partial charge in [-0.25, -0.2) is 0 Å². The molecular weight excluding hydrogens is 216 g/mol. The Morgan fingerprint density at radius 3 is 2.06 bits per heavy atom. The Balaban J connectivity index is 2.20. The molecule has 0 aromatic heterocycles. The zero-order chi connectivity index (χ0) is 13.1. The summed E-state index contributed by atoms with van der Waals surface area (Å²) in [6.45, 7) is 8.93. The van der Waals surface area contributed by atoms with Gasteiger partial charge in [0.05, 0.1) is 0 Å². The van der Waals surface area contributed by atoms with Crippen molar-refractivity contribution in [3.8, 4) is 0 Å². The van der Waals surface area contributed by atoms with Crippen LogP contribution in [0, 0.1) is 27.7 Å². The van der Waals surface area contributed by atoms with E-state index in [2.05, 4.69) is 64.1 Å². The average Bonchev–Trinajstić information content (AvgIpc) is 2.40. The molecule has 0 saturated heterocycles. The van der Waals surface area contributed by atoms with Gasteiger partial charge in [-0.3, -0.25) is 0 Å². The van der Waals surface area contributed by atoms with E-state index >= 15 is 0 Å². The minimum Gasteiger partial charge on any atom is -0.0622 e. The van der Waals surface area contributed by atoms with Gasteiger partial charge in [0.25, 0.3) is 0 Å². The van der Waals surface area contributed by atoms with E-state index in [1.54, 1.807) is 0 Å². The van der Waals surface area contributed by atoms with Gasteiger partial charge in [-0.2, -0.15) is 0 Å². The molecular formula is C18H22. The molecule has 0 saturated carbocycles. The third kappa shape index (κ3) is 2.64. The maximum absolute atomic E-state index is 2.36. The van der Waals surface area contributed by atoms with Crippen LogP contribution in [0.1, 0.15) is 33.4 Å². The zero-order valence-corrected chi connectivity index (χ0v) is 11.9. The minimum atomic E-state index is 1.13. The number of rotatable bonds is 3. The molecule has 0 radical (unpaired) electrons. The lowest BCUT2D eigenvalue weighted by atomic mass is 9.91. The standard InChI is InChI=1S/C18H22/c1-13-12-18(16(4)15(3)14(13)2)11-10-17-8-6-5-7-9-17/h5-9,12H,10-11H2,1-4H3. The van der Waals surface area contributed by atoms with Gasteiger partial charge >= 0.3 is 0 Å². The Kier molecular flexibility index (Phi) is 3.86. The molecule has 2 aromatic carbocycles. The van der Waals surface area contributed by atoms with E-state index in [4.69, 9.17) is 0 Å². The summed E-state index contributed by atoms with van der Waals surface area (Å²) in [6, 6.07) is 13.1. The fourth-order valence-corrected chi connectivity index (χ4v) is 2.48. The van der Waals surface area contributed by atoms with Crippen LogP contribution in [0.15, 0.2) is 36.4 Å². The van der Waals surface area contributed by atoms with Crippen molar-refractivity contribution in [1.29, 1.82) is 0 Å². The second-order valence-corrected chi connectivity index (χ2v) is 5.21. The third-order valence-corrected chi connectivity index (χ3v) is 4.11. The number of benzene rings is 2. The normalized spacial score (nSPS) is 10.7. The Labute approximate surface area is 111 Å². The summed E-state index contributed by atoms with van der Waals surface area (Å²) in [4.78, 5) is 0. The average molecular weight is 238 g/mol. The molecule has 0 aliphatic rings. The van der Waals surface area contributed by atoms with Crippen LogP contribution >= 0.6 is 0 Å². The molecule has 0 atom stereocenters. The molecule has 0 bridgehead atoms. The number of hydrogen-bond acceptors (Lipinski definition) is 0. The largest absolute Gasteiger partial charge is 0.0622 e. The van der Waals surface area contributed by atoms with Gasteiger partial charge in [-0.15, -0.1) is 0 Å². The maximum Gasteiger partial charge on any atom is -0.0235 e. The van der Waals surface area contributed by atoms with Gasteiger partial charge in [0.2, 0.25) is 0 Å². The Morgan fingerprint density at radius 2 is 1.39 bits per heavy atom. The first kappa shape index (κ1) is 12.9. The predicted octanol–water partition coefficient (Wildman–Crippen LogP) is 4.71. The Hall–Kier alpha value is -1.56. The lowest BCUT2D eigenvalue weighted by molar-refractivity contribution is 0.939. The van der Waals surface area contributed by atoms with Crippen LogP contribution in [0.2, 0.25) is 0 Å². The fourth-order valence-electron chi connectivity index (χ4n) is 2.48. The molecule has 0 aliphatic heterocycles. The van der Waals surface area contributed by atoms with Crippen LogP contribution in [0.3, 0.4) is 0 Å². The van der Waals surface area contributed by atoms with Crippen molar-refractivity contribution in [3.05, 3.63) is 69.8 Å². The second-order valence-electron chi connectivity index (χ2n) is 5.21. The van der Waals surface area contributed by atoms with Crippen LogP contribution in [0.4, 0.5) is 0 Å². The van der Waals surface area contributed by atoms with Gasteiger partial charge in [0, 0.05) is 0 Å². The summed E-state index contributed by atoms with van der Waals surface area (Å²) in [5.41, 5.74) is 8.71. The lowest BCUT2D eigenvalue weighted by Gasteiger charge is -2.14. The molecule has 0 nitrogen and oxygen atoms in total. The monoisotopic (exact) mass is 238 g/mol. The highest BCUT2D eigenvalue weighted by atomic mass is 14.1. The summed E-state index contributed by atoms with van der Waals surface area (Å²) in [5, 5.41) is 0. The van der Waals surface area contributed by atoms with Crippen molar-refractivity contribution in [2.24, 2.45) is 0 Å². The van der Waals surface area contributed by atoms with E-state index in [9.17, 15) is 0 Å². The van der Waals surface area contributed by atoms with Crippen molar-refractivity contribution < 1.29 is 0 Å². The highest BCUT2D eigenvalue weighted by molar-refractivity contribution is 5.44. The molecule has 0 heterocycles. The van der Waals surface area contributed by atoms with Crippen LogP contribution in [-0.2, 0) is 12.8 Å². The Bertz CT molecular complexity index is 536. The SMILES string of the molecule is Cc1cc(CCc2ccccc2)c(C)c(C)c1C. The molecule has 0 fully saturated rings. The Morgan fingerprint density at radius 1 is 0.722 bits per heavy atom. The van der Waals surface area contributed by atoms with Crippen molar-refractivity contribution in [3.63, 3.8) is 0 Å². The van der Waals surface area contributed by atoms with E-state index in [0.29, 0.717) is 0 Å². The van der Waals surface area contributed by atoms with Gasteiger partial charge in [-0.1, -0.05) is 36.4 Å². The summed E-state index contributed by atoms with van der Waals surface area (Å²) in [7, 11) is 0. The smallest absolute Gasteiger partial charge is 0.0235 e. The third-order valence-electron chi connectivity index (χ3n) is 4.11. The highest BCUT2D eigenvalue weighted by Crippen LogP contribution is 2.22. The van der Waals surface area contributed by atoms with Gasteiger partial charge < -0.3 is 0 Å². The summed E-state index contributed by atoms with van der Waals surface area (Å²) in [5.74, 6) is 0. The molecule has 0 N–H and O–H groups in total.